The SMILES string of the molecule is CCNC(=NCC1(c2cccc(F)c2)CCOCC1)N1CCN(C(=O)C2CCCO2)CC1.I. The summed E-state index contributed by atoms with van der Waals surface area (Å²) in [5.41, 5.74) is 0.769. The van der Waals surface area contributed by atoms with Gasteiger partial charge >= 0.3 is 0 Å². The first kappa shape index (κ1) is 26.2. The van der Waals surface area contributed by atoms with Crippen molar-refractivity contribution < 1.29 is 18.7 Å². The number of ether oxygens (including phenoxy) is 2. The van der Waals surface area contributed by atoms with Gasteiger partial charge in [0.25, 0.3) is 5.91 Å². The Morgan fingerprint density at radius 2 is 1.91 bits per heavy atom. The fourth-order valence-corrected chi connectivity index (χ4v) is 4.89. The number of nitrogens with zero attached hydrogens (tertiary/aromatic N) is 3. The van der Waals surface area contributed by atoms with Gasteiger partial charge in [-0.3, -0.25) is 9.79 Å². The molecule has 1 amide bonds. The number of hydrogen-bond acceptors (Lipinski definition) is 4. The Morgan fingerprint density at radius 3 is 2.55 bits per heavy atom. The first-order valence-electron chi connectivity index (χ1n) is 11.9. The molecule has 3 aliphatic heterocycles. The van der Waals surface area contributed by atoms with Crippen molar-refractivity contribution in [3.05, 3.63) is 35.6 Å². The second-order valence-corrected chi connectivity index (χ2v) is 8.89. The molecule has 3 fully saturated rings. The van der Waals surface area contributed by atoms with Crippen molar-refractivity contribution in [2.24, 2.45) is 4.99 Å². The van der Waals surface area contributed by atoms with Crippen LogP contribution in [-0.4, -0.2) is 86.9 Å². The lowest BCUT2D eigenvalue weighted by Gasteiger charge is -2.39. The second-order valence-electron chi connectivity index (χ2n) is 8.89. The molecular weight excluding hydrogens is 538 g/mol. The molecule has 0 spiro atoms. The summed E-state index contributed by atoms with van der Waals surface area (Å²) in [6, 6.07) is 6.91. The Morgan fingerprint density at radius 1 is 1.18 bits per heavy atom. The van der Waals surface area contributed by atoms with Crippen LogP contribution in [0.15, 0.2) is 29.3 Å². The van der Waals surface area contributed by atoms with Crippen LogP contribution in [0.2, 0.25) is 0 Å². The predicted octanol–water partition coefficient (Wildman–Crippen LogP) is 2.78. The van der Waals surface area contributed by atoms with Crippen molar-refractivity contribution >= 4 is 35.8 Å². The molecule has 0 bridgehead atoms. The molecule has 1 aromatic carbocycles. The summed E-state index contributed by atoms with van der Waals surface area (Å²) in [4.78, 5) is 21.8. The van der Waals surface area contributed by atoms with E-state index in [2.05, 4.69) is 17.1 Å². The number of carbonyl (C=O) groups excluding carboxylic acids is 1. The molecule has 9 heteroatoms. The molecule has 1 N–H and O–H groups in total. The number of benzene rings is 1. The summed E-state index contributed by atoms with van der Waals surface area (Å²) in [6.45, 7) is 8.23. The third kappa shape index (κ3) is 6.36. The Bertz CT molecular complexity index is 805. The van der Waals surface area contributed by atoms with Crippen molar-refractivity contribution in [3.8, 4) is 0 Å². The molecule has 0 radical (unpaired) electrons. The van der Waals surface area contributed by atoms with Crippen LogP contribution in [0.1, 0.15) is 38.2 Å². The van der Waals surface area contributed by atoms with Gasteiger partial charge in [-0.25, -0.2) is 4.39 Å². The number of hydrogen-bond donors (Lipinski definition) is 1. The van der Waals surface area contributed by atoms with Crippen LogP contribution in [0.4, 0.5) is 4.39 Å². The van der Waals surface area contributed by atoms with Crippen LogP contribution in [0.5, 0.6) is 0 Å². The Balaban J connectivity index is 0.00000306. The smallest absolute Gasteiger partial charge is 0.251 e. The minimum Gasteiger partial charge on any atom is -0.381 e. The Labute approximate surface area is 213 Å². The monoisotopic (exact) mass is 574 g/mol. The standard InChI is InChI=1S/C24H35FN4O3.HI/c1-2-26-23(29-12-10-28(11-13-29)22(30)21-7-4-14-32-21)27-18-24(8-15-31-16-9-24)19-5-3-6-20(25)17-19;/h3,5-6,17,21H,2,4,7-16,18H2,1H3,(H,26,27);1H. The first-order chi connectivity index (χ1) is 15.6. The number of nitrogens with one attached hydrogen (secondary N) is 1. The van der Waals surface area contributed by atoms with Crippen molar-refractivity contribution in [3.63, 3.8) is 0 Å². The van der Waals surface area contributed by atoms with Gasteiger partial charge in [-0.2, -0.15) is 0 Å². The number of amides is 1. The van der Waals surface area contributed by atoms with Gasteiger partial charge in [-0.1, -0.05) is 12.1 Å². The molecule has 4 rings (SSSR count). The third-order valence-corrected chi connectivity index (χ3v) is 6.85. The summed E-state index contributed by atoms with van der Waals surface area (Å²) >= 11 is 0. The second kappa shape index (κ2) is 12.3. The number of guanidine groups is 1. The number of aliphatic imine (C=N–C) groups is 1. The molecule has 1 aromatic rings. The highest BCUT2D eigenvalue weighted by Gasteiger charge is 2.35. The first-order valence-corrected chi connectivity index (χ1v) is 11.9. The maximum atomic E-state index is 14.0. The van der Waals surface area contributed by atoms with Crippen LogP contribution in [-0.2, 0) is 19.7 Å². The van der Waals surface area contributed by atoms with Gasteiger partial charge in [0, 0.05) is 58.0 Å². The van der Waals surface area contributed by atoms with E-state index in [0.29, 0.717) is 39.5 Å². The number of carbonyl (C=O) groups is 1. The normalized spacial score (nSPS) is 23.2. The minimum absolute atomic E-state index is 0. The van der Waals surface area contributed by atoms with Crippen molar-refractivity contribution in [2.75, 3.05) is 59.1 Å². The molecule has 3 heterocycles. The number of rotatable bonds is 5. The molecular formula is C24H36FIN4O3. The van der Waals surface area contributed by atoms with Crippen LogP contribution in [0.3, 0.4) is 0 Å². The van der Waals surface area contributed by atoms with E-state index in [1.165, 1.54) is 6.07 Å². The molecule has 33 heavy (non-hydrogen) atoms. The average molecular weight is 574 g/mol. The van der Waals surface area contributed by atoms with E-state index in [-0.39, 0.29) is 47.2 Å². The van der Waals surface area contributed by atoms with E-state index >= 15 is 0 Å². The highest BCUT2D eigenvalue weighted by Crippen LogP contribution is 2.35. The largest absolute Gasteiger partial charge is 0.381 e. The molecule has 0 saturated carbocycles. The Kier molecular flexibility index (Phi) is 9.75. The Hall–Kier alpha value is -1.46. The number of piperazine rings is 1. The molecule has 1 atom stereocenters. The fraction of sp³-hybridized carbons (Fsp3) is 0.667. The molecule has 1 unspecified atom stereocenters. The average Bonchev–Trinajstić information content (AvgIpc) is 3.37. The summed E-state index contributed by atoms with van der Waals surface area (Å²) < 4.78 is 25.2. The molecule has 184 valence electrons. The molecule has 0 aromatic heterocycles. The maximum Gasteiger partial charge on any atom is 0.251 e. The molecule has 3 aliphatic rings. The van der Waals surface area contributed by atoms with E-state index < -0.39 is 0 Å². The van der Waals surface area contributed by atoms with Crippen molar-refractivity contribution in [1.29, 1.82) is 0 Å². The lowest BCUT2D eigenvalue weighted by Crippen LogP contribution is -2.55. The minimum atomic E-state index is -0.261. The van der Waals surface area contributed by atoms with Crippen LogP contribution < -0.4 is 5.32 Å². The van der Waals surface area contributed by atoms with Gasteiger partial charge < -0.3 is 24.6 Å². The van der Waals surface area contributed by atoms with Gasteiger partial charge in [0.15, 0.2) is 5.96 Å². The van der Waals surface area contributed by atoms with Crippen molar-refractivity contribution in [1.82, 2.24) is 15.1 Å². The van der Waals surface area contributed by atoms with Crippen LogP contribution in [0, 0.1) is 5.82 Å². The van der Waals surface area contributed by atoms with Crippen molar-refractivity contribution in [2.45, 2.75) is 44.1 Å². The highest BCUT2D eigenvalue weighted by atomic mass is 127. The lowest BCUT2D eigenvalue weighted by atomic mass is 9.74. The van der Waals surface area contributed by atoms with Crippen LogP contribution in [0.25, 0.3) is 0 Å². The number of halogens is 2. The molecule has 7 nitrogen and oxygen atoms in total. The fourth-order valence-electron chi connectivity index (χ4n) is 4.89. The third-order valence-electron chi connectivity index (χ3n) is 6.85. The van der Waals surface area contributed by atoms with Gasteiger partial charge in [0.1, 0.15) is 11.9 Å². The highest BCUT2D eigenvalue weighted by molar-refractivity contribution is 14.0. The van der Waals surface area contributed by atoms with Gasteiger partial charge in [-0.05, 0) is 50.3 Å². The quantitative estimate of drug-likeness (QED) is 0.333. The molecule has 0 aliphatic carbocycles. The zero-order chi connectivity index (χ0) is 22.4. The summed E-state index contributed by atoms with van der Waals surface area (Å²) in [5.74, 6) is 0.770. The molecule has 3 saturated heterocycles. The topological polar surface area (TPSA) is 66.4 Å². The summed E-state index contributed by atoms with van der Waals surface area (Å²) in [6.07, 6.45) is 3.18. The predicted molar refractivity (Wildman–Crippen MR) is 137 cm³/mol. The van der Waals surface area contributed by atoms with E-state index in [9.17, 15) is 9.18 Å². The van der Waals surface area contributed by atoms with Crippen LogP contribution >= 0.6 is 24.0 Å². The summed E-state index contributed by atoms with van der Waals surface area (Å²) in [7, 11) is 0. The van der Waals surface area contributed by atoms with E-state index in [1.54, 1.807) is 12.1 Å². The summed E-state index contributed by atoms with van der Waals surface area (Å²) in [5, 5.41) is 3.41. The van der Waals surface area contributed by atoms with E-state index in [4.69, 9.17) is 14.5 Å². The zero-order valence-corrected chi connectivity index (χ0v) is 21.8. The van der Waals surface area contributed by atoms with Gasteiger partial charge in [-0.15, -0.1) is 24.0 Å². The van der Waals surface area contributed by atoms with Gasteiger partial charge in [0.05, 0.1) is 6.54 Å². The van der Waals surface area contributed by atoms with Gasteiger partial charge in [0.2, 0.25) is 0 Å². The van der Waals surface area contributed by atoms with E-state index in [0.717, 1.165) is 56.8 Å². The van der Waals surface area contributed by atoms with E-state index in [1.807, 2.05) is 11.0 Å². The zero-order valence-electron chi connectivity index (χ0n) is 19.4. The lowest BCUT2D eigenvalue weighted by molar-refractivity contribution is -0.142. The maximum absolute atomic E-state index is 14.0.